The number of aromatic amines is 1. The van der Waals surface area contributed by atoms with E-state index in [0.717, 1.165) is 18.5 Å². The first-order chi connectivity index (χ1) is 13.2. The molecule has 1 aliphatic carbocycles. The largest absolute Gasteiger partial charge is 0.353 e. The predicted molar refractivity (Wildman–Crippen MR) is 103 cm³/mol. The lowest BCUT2D eigenvalue weighted by molar-refractivity contribution is -0.122. The smallest absolute Gasteiger partial charge is 0.262 e. The molecule has 0 saturated heterocycles. The van der Waals surface area contributed by atoms with Crippen molar-refractivity contribution in [2.24, 2.45) is 0 Å². The van der Waals surface area contributed by atoms with Crippen LogP contribution in [0.5, 0.6) is 0 Å². The van der Waals surface area contributed by atoms with Crippen molar-refractivity contribution < 1.29 is 4.79 Å². The maximum Gasteiger partial charge on any atom is 0.262 e. The molecule has 0 spiro atoms. The Morgan fingerprint density at radius 3 is 2.74 bits per heavy atom. The molecule has 0 atom stereocenters. The van der Waals surface area contributed by atoms with Crippen LogP contribution in [0.4, 0.5) is 0 Å². The molecule has 2 aromatic heterocycles. The van der Waals surface area contributed by atoms with Crippen LogP contribution in [0, 0.1) is 0 Å². The number of benzene rings is 1. The summed E-state index contributed by atoms with van der Waals surface area (Å²) in [5, 5.41) is 7.83. The van der Waals surface area contributed by atoms with E-state index in [-0.39, 0.29) is 11.5 Å². The first-order valence-electron chi connectivity index (χ1n) is 9.52. The number of amides is 1. The third-order valence-electron chi connectivity index (χ3n) is 5.05. The van der Waals surface area contributed by atoms with Crippen molar-refractivity contribution in [3.8, 4) is 5.69 Å². The van der Waals surface area contributed by atoms with Gasteiger partial charge in [0.2, 0.25) is 5.91 Å². The van der Waals surface area contributed by atoms with Crippen LogP contribution in [0.2, 0.25) is 0 Å². The van der Waals surface area contributed by atoms with Gasteiger partial charge >= 0.3 is 0 Å². The van der Waals surface area contributed by atoms with Crippen molar-refractivity contribution in [1.82, 2.24) is 25.1 Å². The number of hydrogen-bond donors (Lipinski definition) is 2. The van der Waals surface area contributed by atoms with Crippen molar-refractivity contribution >= 4 is 16.9 Å². The lowest BCUT2D eigenvalue weighted by atomic mass is 9.95. The van der Waals surface area contributed by atoms with Crippen molar-refractivity contribution in [1.29, 1.82) is 0 Å². The van der Waals surface area contributed by atoms with Gasteiger partial charge in [-0.25, -0.2) is 9.67 Å². The van der Waals surface area contributed by atoms with Crippen LogP contribution in [0.25, 0.3) is 16.7 Å². The zero-order chi connectivity index (χ0) is 18.6. The van der Waals surface area contributed by atoms with Gasteiger partial charge in [-0.05, 0) is 25.0 Å². The number of carbonyl (C=O) groups excluding carboxylic acids is 1. The second-order valence-electron chi connectivity index (χ2n) is 7.04. The fourth-order valence-electron chi connectivity index (χ4n) is 3.62. The summed E-state index contributed by atoms with van der Waals surface area (Å²) in [4.78, 5) is 31.9. The van der Waals surface area contributed by atoms with Crippen LogP contribution in [-0.2, 0) is 11.2 Å². The molecule has 2 heterocycles. The first kappa shape index (κ1) is 17.5. The van der Waals surface area contributed by atoms with Gasteiger partial charge < -0.3 is 10.3 Å². The average Bonchev–Trinajstić information content (AvgIpc) is 3.12. The van der Waals surface area contributed by atoms with Crippen LogP contribution in [0.15, 0.2) is 41.3 Å². The summed E-state index contributed by atoms with van der Waals surface area (Å²) in [6.07, 6.45) is 7.96. The highest BCUT2D eigenvalue weighted by Crippen LogP contribution is 2.17. The Morgan fingerprint density at radius 1 is 1.19 bits per heavy atom. The van der Waals surface area contributed by atoms with Gasteiger partial charge in [-0.1, -0.05) is 37.5 Å². The monoisotopic (exact) mass is 365 g/mol. The Balaban J connectivity index is 1.50. The Bertz CT molecular complexity index is 987. The number of aromatic nitrogens is 4. The summed E-state index contributed by atoms with van der Waals surface area (Å²) in [6.45, 7) is 0. The molecular formula is C20H23N5O2. The first-order valence-corrected chi connectivity index (χ1v) is 9.52. The maximum atomic E-state index is 12.4. The Morgan fingerprint density at radius 2 is 1.96 bits per heavy atom. The van der Waals surface area contributed by atoms with Gasteiger partial charge in [0.25, 0.3) is 5.56 Å². The fourth-order valence-corrected chi connectivity index (χ4v) is 3.62. The summed E-state index contributed by atoms with van der Waals surface area (Å²) in [5.41, 5.74) is 1.11. The van der Waals surface area contributed by atoms with E-state index in [0.29, 0.717) is 35.7 Å². The number of nitrogens with zero attached hydrogens (tertiary/aromatic N) is 3. The number of para-hydroxylation sites is 1. The van der Waals surface area contributed by atoms with Gasteiger partial charge in [-0.15, -0.1) is 0 Å². The van der Waals surface area contributed by atoms with Crippen LogP contribution in [0.1, 0.15) is 44.3 Å². The minimum atomic E-state index is -0.232. The molecule has 0 aliphatic heterocycles. The van der Waals surface area contributed by atoms with Gasteiger partial charge in [-0.2, -0.15) is 5.10 Å². The molecule has 1 aromatic carbocycles. The SMILES string of the molecule is O=C(CCc1nc2c(cnn2-c2ccccc2)c(=O)[nH]1)NC1CCCCC1. The summed E-state index contributed by atoms with van der Waals surface area (Å²) in [6, 6.07) is 9.85. The molecule has 4 rings (SSSR count). The molecule has 3 aromatic rings. The highest BCUT2D eigenvalue weighted by molar-refractivity contribution is 5.77. The van der Waals surface area contributed by atoms with Crippen molar-refractivity contribution in [3.05, 3.63) is 52.7 Å². The van der Waals surface area contributed by atoms with Crippen LogP contribution in [-0.4, -0.2) is 31.7 Å². The normalized spacial score (nSPS) is 15.1. The molecule has 0 bridgehead atoms. The molecule has 1 aliphatic rings. The minimum absolute atomic E-state index is 0.0150. The minimum Gasteiger partial charge on any atom is -0.353 e. The van der Waals surface area contributed by atoms with E-state index in [1.54, 1.807) is 4.68 Å². The molecule has 27 heavy (non-hydrogen) atoms. The zero-order valence-electron chi connectivity index (χ0n) is 15.1. The van der Waals surface area contributed by atoms with E-state index in [1.807, 2.05) is 30.3 Å². The second kappa shape index (κ2) is 7.73. The number of aryl methyl sites for hydroxylation is 1. The van der Waals surface area contributed by atoms with Crippen molar-refractivity contribution in [2.75, 3.05) is 0 Å². The molecule has 1 fully saturated rings. The molecule has 1 saturated carbocycles. The van der Waals surface area contributed by atoms with Crippen LogP contribution >= 0.6 is 0 Å². The number of nitrogens with one attached hydrogen (secondary N) is 2. The lowest BCUT2D eigenvalue weighted by Crippen LogP contribution is -2.36. The van der Waals surface area contributed by atoms with Gasteiger partial charge in [0.15, 0.2) is 5.65 Å². The molecule has 0 unspecified atom stereocenters. The highest BCUT2D eigenvalue weighted by atomic mass is 16.1. The van der Waals surface area contributed by atoms with E-state index in [1.165, 1.54) is 25.5 Å². The molecule has 7 nitrogen and oxygen atoms in total. The van der Waals surface area contributed by atoms with Gasteiger partial charge in [-0.3, -0.25) is 9.59 Å². The number of H-pyrrole nitrogens is 1. The molecule has 7 heteroatoms. The molecule has 140 valence electrons. The lowest BCUT2D eigenvalue weighted by Gasteiger charge is -2.22. The standard InChI is InChI=1S/C20H23N5O2/c26-18(22-14-7-3-1-4-8-14)12-11-17-23-19-16(20(27)24-17)13-21-25(19)15-9-5-2-6-10-15/h2,5-6,9-10,13-14H,1,3-4,7-8,11-12H2,(H,22,26)(H,23,24,27). The van der Waals surface area contributed by atoms with Crippen molar-refractivity contribution in [2.45, 2.75) is 51.0 Å². The summed E-state index contributed by atoms with van der Waals surface area (Å²) < 4.78 is 1.65. The van der Waals surface area contributed by atoms with Crippen LogP contribution < -0.4 is 10.9 Å². The van der Waals surface area contributed by atoms with Crippen LogP contribution in [0.3, 0.4) is 0 Å². The average molecular weight is 365 g/mol. The summed E-state index contributed by atoms with van der Waals surface area (Å²) >= 11 is 0. The molecule has 1 amide bonds. The topological polar surface area (TPSA) is 92.7 Å². The Labute approximate surface area is 156 Å². The van der Waals surface area contributed by atoms with E-state index < -0.39 is 0 Å². The third-order valence-corrected chi connectivity index (χ3v) is 5.05. The number of carbonyl (C=O) groups is 1. The van der Waals surface area contributed by atoms with Crippen molar-refractivity contribution in [3.63, 3.8) is 0 Å². The predicted octanol–water partition coefficient (Wildman–Crippen LogP) is 2.49. The van der Waals surface area contributed by atoms with Gasteiger partial charge in [0.1, 0.15) is 11.2 Å². The van der Waals surface area contributed by atoms with E-state index in [2.05, 4.69) is 20.4 Å². The highest BCUT2D eigenvalue weighted by Gasteiger charge is 2.16. The number of fused-ring (bicyclic) bond motifs is 1. The molecular weight excluding hydrogens is 342 g/mol. The van der Waals surface area contributed by atoms with E-state index in [9.17, 15) is 9.59 Å². The maximum absolute atomic E-state index is 12.4. The molecule has 2 N–H and O–H groups in total. The van der Waals surface area contributed by atoms with E-state index >= 15 is 0 Å². The molecule has 0 radical (unpaired) electrons. The van der Waals surface area contributed by atoms with E-state index in [4.69, 9.17) is 0 Å². The second-order valence-corrected chi connectivity index (χ2v) is 7.04. The zero-order valence-corrected chi connectivity index (χ0v) is 15.1. The quantitative estimate of drug-likeness (QED) is 0.726. The Hall–Kier alpha value is -2.96. The number of hydrogen-bond acceptors (Lipinski definition) is 4. The Kier molecular flexibility index (Phi) is 5.00. The summed E-state index contributed by atoms with van der Waals surface area (Å²) in [7, 11) is 0. The fraction of sp³-hybridized carbons (Fsp3) is 0.400. The third kappa shape index (κ3) is 3.92. The summed E-state index contributed by atoms with van der Waals surface area (Å²) in [5.74, 6) is 0.519. The van der Waals surface area contributed by atoms with Gasteiger partial charge in [0, 0.05) is 18.9 Å². The van der Waals surface area contributed by atoms with Gasteiger partial charge in [0.05, 0.1) is 11.9 Å². The number of rotatable bonds is 5.